The van der Waals surface area contributed by atoms with E-state index < -0.39 is 0 Å². The number of allylic oxidation sites excluding steroid dienone is 2. The van der Waals surface area contributed by atoms with Crippen LogP contribution in [0.4, 0.5) is 5.69 Å². The van der Waals surface area contributed by atoms with Crippen LogP contribution in [0.3, 0.4) is 0 Å². The molecule has 1 aliphatic carbocycles. The molecule has 1 heterocycles. The minimum absolute atomic E-state index is 0. The molecule has 1 aliphatic heterocycles. The number of nitrogens with zero attached hydrogens (tertiary/aromatic N) is 2. The first-order valence-corrected chi connectivity index (χ1v) is 10.5. The van der Waals surface area contributed by atoms with Gasteiger partial charge in [-0.25, -0.2) is 0 Å². The number of hydrogen-bond acceptors (Lipinski definition) is 3. The van der Waals surface area contributed by atoms with E-state index in [0.717, 1.165) is 39.3 Å². The summed E-state index contributed by atoms with van der Waals surface area (Å²) in [6.45, 7) is 11.1. The first-order chi connectivity index (χ1) is 12.7. The van der Waals surface area contributed by atoms with Gasteiger partial charge in [0.25, 0.3) is 0 Å². The Kier molecular flexibility index (Phi) is 8.65. The molecule has 0 amide bonds. The zero-order valence-corrected chi connectivity index (χ0v) is 18.2. The third-order valence-electron chi connectivity index (χ3n) is 6.78. The second-order valence-electron chi connectivity index (χ2n) is 7.98. The maximum atomic E-state index is 5.23. The molecule has 3 rings (SSSR count). The summed E-state index contributed by atoms with van der Waals surface area (Å²) >= 11 is 0. The van der Waals surface area contributed by atoms with Gasteiger partial charge in [-0.15, -0.1) is 12.4 Å². The monoisotopic (exact) mass is 392 g/mol. The Bertz CT molecular complexity index is 604. The molecular formula is C23H37ClN2O. The summed E-state index contributed by atoms with van der Waals surface area (Å²) in [5.74, 6) is 0. The minimum atomic E-state index is 0. The number of halogens is 1. The van der Waals surface area contributed by atoms with Crippen molar-refractivity contribution in [2.24, 2.45) is 5.41 Å². The van der Waals surface area contributed by atoms with Crippen LogP contribution in [0.2, 0.25) is 0 Å². The summed E-state index contributed by atoms with van der Waals surface area (Å²) in [7, 11) is 1.79. The number of piperazine rings is 1. The van der Waals surface area contributed by atoms with Crippen molar-refractivity contribution in [3.8, 4) is 0 Å². The Hall–Kier alpha value is -1.03. The molecule has 152 valence electrons. The van der Waals surface area contributed by atoms with Crippen molar-refractivity contribution in [1.82, 2.24) is 4.90 Å². The molecule has 1 fully saturated rings. The van der Waals surface area contributed by atoms with Crippen molar-refractivity contribution in [3.05, 3.63) is 35.9 Å². The third-order valence-corrected chi connectivity index (χ3v) is 6.78. The Balaban J connectivity index is 0.00000261. The largest absolute Gasteiger partial charge is 0.383 e. The molecule has 0 atom stereocenters. The van der Waals surface area contributed by atoms with E-state index in [-0.39, 0.29) is 12.4 Å². The number of para-hydroxylation sites is 1. The van der Waals surface area contributed by atoms with Gasteiger partial charge in [-0.1, -0.05) is 51.0 Å². The molecular weight excluding hydrogens is 356 g/mol. The van der Waals surface area contributed by atoms with E-state index in [1.807, 2.05) is 0 Å². The maximum absolute atomic E-state index is 5.23. The van der Waals surface area contributed by atoms with Gasteiger partial charge >= 0.3 is 0 Å². The number of ether oxygens (including phenoxy) is 1. The predicted octanol–water partition coefficient (Wildman–Crippen LogP) is 5.25. The molecule has 1 aromatic carbocycles. The number of anilines is 1. The van der Waals surface area contributed by atoms with E-state index in [1.165, 1.54) is 43.4 Å². The SMILES string of the molecule is CCC1(CC)CC=C(c2ccccc2N2CCN(CCOC)CC2)CC1.Cl. The van der Waals surface area contributed by atoms with Crippen molar-refractivity contribution in [3.63, 3.8) is 0 Å². The average Bonchev–Trinajstić information content (AvgIpc) is 2.73. The maximum Gasteiger partial charge on any atom is 0.0589 e. The number of methoxy groups -OCH3 is 1. The van der Waals surface area contributed by atoms with E-state index in [0.29, 0.717) is 5.41 Å². The molecule has 0 radical (unpaired) electrons. The lowest BCUT2D eigenvalue weighted by Gasteiger charge is -2.38. The lowest BCUT2D eigenvalue weighted by Crippen LogP contribution is -2.47. The predicted molar refractivity (Wildman–Crippen MR) is 119 cm³/mol. The number of hydrogen-bond donors (Lipinski definition) is 0. The Morgan fingerprint density at radius 1 is 1.04 bits per heavy atom. The van der Waals surface area contributed by atoms with E-state index in [9.17, 15) is 0 Å². The second-order valence-corrected chi connectivity index (χ2v) is 7.98. The highest BCUT2D eigenvalue weighted by Crippen LogP contribution is 2.44. The highest BCUT2D eigenvalue weighted by Gasteiger charge is 2.29. The van der Waals surface area contributed by atoms with E-state index >= 15 is 0 Å². The molecule has 0 unspecified atom stereocenters. The average molecular weight is 393 g/mol. The quantitative estimate of drug-likeness (QED) is 0.630. The molecule has 0 bridgehead atoms. The van der Waals surface area contributed by atoms with E-state index in [4.69, 9.17) is 4.74 Å². The standard InChI is InChI=1S/C23H36N2O.ClH/c1-4-23(5-2)12-10-20(11-13-23)21-8-6-7-9-22(21)25-16-14-24(15-17-25)18-19-26-3;/h6-10H,4-5,11-19H2,1-3H3;1H. The summed E-state index contributed by atoms with van der Waals surface area (Å²) in [5, 5.41) is 0. The summed E-state index contributed by atoms with van der Waals surface area (Å²) in [6.07, 6.45) is 8.97. The highest BCUT2D eigenvalue weighted by molar-refractivity contribution is 5.85. The van der Waals surface area contributed by atoms with Crippen molar-refractivity contribution >= 4 is 23.7 Å². The molecule has 1 saturated heterocycles. The number of benzene rings is 1. The van der Waals surface area contributed by atoms with Crippen LogP contribution in [-0.2, 0) is 4.74 Å². The summed E-state index contributed by atoms with van der Waals surface area (Å²) in [4.78, 5) is 5.10. The normalized spacial score (nSPS) is 20.1. The zero-order chi connectivity index (χ0) is 18.4. The molecule has 27 heavy (non-hydrogen) atoms. The number of rotatable bonds is 7. The fourth-order valence-electron chi connectivity index (χ4n) is 4.53. The van der Waals surface area contributed by atoms with Gasteiger partial charge in [0.2, 0.25) is 0 Å². The lowest BCUT2D eigenvalue weighted by molar-refractivity contribution is 0.144. The van der Waals surface area contributed by atoms with Crippen molar-refractivity contribution in [2.75, 3.05) is 51.3 Å². The van der Waals surface area contributed by atoms with Crippen molar-refractivity contribution < 1.29 is 4.74 Å². The van der Waals surface area contributed by atoms with E-state index in [2.05, 4.69) is 54.0 Å². The van der Waals surface area contributed by atoms with Gasteiger partial charge in [0.15, 0.2) is 0 Å². The smallest absolute Gasteiger partial charge is 0.0589 e. The first kappa shape index (κ1) is 22.3. The van der Waals surface area contributed by atoms with Crippen LogP contribution < -0.4 is 4.90 Å². The van der Waals surface area contributed by atoms with Crippen molar-refractivity contribution in [2.45, 2.75) is 46.0 Å². The van der Waals surface area contributed by atoms with Gasteiger partial charge in [0, 0.05) is 51.1 Å². The summed E-state index contributed by atoms with van der Waals surface area (Å²) in [5.41, 5.74) is 5.02. The molecule has 4 heteroatoms. The first-order valence-electron chi connectivity index (χ1n) is 10.5. The van der Waals surface area contributed by atoms with Crippen LogP contribution in [0, 0.1) is 5.41 Å². The van der Waals surface area contributed by atoms with Gasteiger partial charge in [0.05, 0.1) is 6.61 Å². The molecule has 0 saturated carbocycles. The highest BCUT2D eigenvalue weighted by atomic mass is 35.5. The van der Waals surface area contributed by atoms with Gasteiger partial charge in [-0.3, -0.25) is 4.90 Å². The van der Waals surface area contributed by atoms with Crippen LogP contribution >= 0.6 is 12.4 Å². The van der Waals surface area contributed by atoms with Crippen LogP contribution in [0.5, 0.6) is 0 Å². The Morgan fingerprint density at radius 3 is 2.33 bits per heavy atom. The summed E-state index contributed by atoms with van der Waals surface area (Å²) < 4.78 is 5.23. The third kappa shape index (κ3) is 5.28. The van der Waals surface area contributed by atoms with Crippen LogP contribution in [-0.4, -0.2) is 51.3 Å². The fourth-order valence-corrected chi connectivity index (χ4v) is 4.53. The van der Waals surface area contributed by atoms with E-state index in [1.54, 1.807) is 12.7 Å². The Morgan fingerprint density at radius 2 is 1.74 bits per heavy atom. The van der Waals surface area contributed by atoms with Crippen molar-refractivity contribution in [1.29, 1.82) is 0 Å². The summed E-state index contributed by atoms with van der Waals surface area (Å²) in [6, 6.07) is 9.06. The fraction of sp³-hybridized carbons (Fsp3) is 0.652. The molecule has 2 aliphatic rings. The van der Waals surface area contributed by atoms with Crippen LogP contribution in [0.25, 0.3) is 5.57 Å². The Labute approximate surface area is 172 Å². The van der Waals surface area contributed by atoms with Gasteiger partial charge in [0.1, 0.15) is 0 Å². The molecule has 0 N–H and O–H groups in total. The van der Waals surface area contributed by atoms with Gasteiger partial charge < -0.3 is 9.64 Å². The van der Waals surface area contributed by atoms with Crippen LogP contribution in [0.15, 0.2) is 30.3 Å². The van der Waals surface area contributed by atoms with Gasteiger partial charge in [-0.05, 0) is 36.3 Å². The minimum Gasteiger partial charge on any atom is -0.383 e. The molecule has 0 aromatic heterocycles. The topological polar surface area (TPSA) is 15.7 Å². The molecule has 1 aromatic rings. The lowest BCUT2D eigenvalue weighted by atomic mass is 9.70. The second kappa shape index (κ2) is 10.5. The molecule has 0 spiro atoms. The van der Waals surface area contributed by atoms with Gasteiger partial charge in [-0.2, -0.15) is 0 Å². The van der Waals surface area contributed by atoms with Crippen LogP contribution in [0.1, 0.15) is 51.5 Å². The zero-order valence-electron chi connectivity index (χ0n) is 17.4. The molecule has 3 nitrogen and oxygen atoms in total.